The van der Waals surface area contributed by atoms with E-state index in [0.717, 1.165) is 43.7 Å². The molecule has 1 aromatic rings. The number of anilines is 1. The number of carbonyl (C=O) groups excluding carboxylic acids is 1. The van der Waals surface area contributed by atoms with Crippen LogP contribution in [0.25, 0.3) is 0 Å². The molecule has 1 fully saturated rings. The molecule has 21 heavy (non-hydrogen) atoms. The van der Waals surface area contributed by atoms with E-state index in [1.54, 1.807) is 6.92 Å². The lowest BCUT2D eigenvalue weighted by atomic mass is 9.95. The van der Waals surface area contributed by atoms with Crippen LogP contribution in [0.2, 0.25) is 0 Å². The third-order valence-corrected chi connectivity index (χ3v) is 4.01. The Balaban J connectivity index is 1.99. The van der Waals surface area contributed by atoms with E-state index in [4.69, 9.17) is 5.73 Å². The van der Waals surface area contributed by atoms with Gasteiger partial charge in [0.15, 0.2) is 0 Å². The molecule has 3 N–H and O–H groups in total. The van der Waals surface area contributed by atoms with Crippen molar-refractivity contribution in [2.75, 3.05) is 24.5 Å². The van der Waals surface area contributed by atoms with Crippen LogP contribution in [0.5, 0.6) is 0 Å². The van der Waals surface area contributed by atoms with Crippen molar-refractivity contribution >= 4 is 11.6 Å². The maximum atomic E-state index is 10.9. The third kappa shape index (κ3) is 3.96. The van der Waals surface area contributed by atoms with Crippen molar-refractivity contribution in [3.8, 4) is 6.07 Å². The van der Waals surface area contributed by atoms with Crippen LogP contribution in [0.4, 0.5) is 5.69 Å². The summed E-state index contributed by atoms with van der Waals surface area (Å²) in [5, 5.41) is 12.2. The summed E-state index contributed by atoms with van der Waals surface area (Å²) < 4.78 is 0. The van der Waals surface area contributed by atoms with Crippen molar-refractivity contribution < 1.29 is 4.79 Å². The first-order valence-electron chi connectivity index (χ1n) is 7.36. The third-order valence-electron chi connectivity index (χ3n) is 4.01. The molecule has 1 saturated heterocycles. The number of nitriles is 1. The fourth-order valence-electron chi connectivity index (χ4n) is 2.74. The molecule has 0 bridgehead atoms. The molecule has 5 nitrogen and oxygen atoms in total. The second-order valence-corrected chi connectivity index (χ2v) is 5.53. The molecular formula is C16H22N4O. The first-order chi connectivity index (χ1) is 10.1. The molecule has 0 unspecified atom stereocenters. The van der Waals surface area contributed by atoms with Crippen molar-refractivity contribution in [3.63, 3.8) is 0 Å². The van der Waals surface area contributed by atoms with Gasteiger partial charge in [0.1, 0.15) is 6.07 Å². The second kappa shape index (κ2) is 7.09. The Labute approximate surface area is 125 Å². The standard InChI is InChI=1S/C16H22N4O/c1-12(21)19-11-13-4-6-20(7-5-13)16-3-2-14(9-17)8-15(16)10-18/h2-3,8,13H,4-7,9,11,17H2,1H3,(H,19,21). The van der Waals surface area contributed by atoms with Gasteiger partial charge in [-0.3, -0.25) is 4.79 Å². The monoisotopic (exact) mass is 286 g/mol. The van der Waals surface area contributed by atoms with Gasteiger partial charge in [0, 0.05) is 33.1 Å². The minimum absolute atomic E-state index is 0.0292. The predicted octanol–water partition coefficient (Wildman–Crippen LogP) is 1.37. The van der Waals surface area contributed by atoms with Crippen LogP contribution < -0.4 is 16.0 Å². The lowest BCUT2D eigenvalue weighted by molar-refractivity contribution is -0.119. The number of nitrogens with zero attached hydrogens (tertiary/aromatic N) is 2. The van der Waals surface area contributed by atoms with Crippen LogP contribution in [0.1, 0.15) is 30.9 Å². The SMILES string of the molecule is CC(=O)NCC1CCN(c2ccc(CN)cc2C#N)CC1. The van der Waals surface area contributed by atoms with Crippen molar-refractivity contribution in [1.82, 2.24) is 5.32 Å². The molecule has 0 spiro atoms. The van der Waals surface area contributed by atoms with Crippen LogP contribution >= 0.6 is 0 Å². The number of benzene rings is 1. The van der Waals surface area contributed by atoms with E-state index in [2.05, 4.69) is 16.3 Å². The summed E-state index contributed by atoms with van der Waals surface area (Å²) in [4.78, 5) is 13.2. The number of piperidine rings is 1. The minimum atomic E-state index is 0.0292. The molecule has 1 aromatic carbocycles. The van der Waals surface area contributed by atoms with Gasteiger partial charge < -0.3 is 16.0 Å². The zero-order valence-corrected chi connectivity index (χ0v) is 12.4. The summed E-state index contributed by atoms with van der Waals surface area (Å²) in [6.07, 6.45) is 2.06. The Kier molecular flexibility index (Phi) is 5.18. The Bertz CT molecular complexity index is 542. The molecule has 1 heterocycles. The van der Waals surface area contributed by atoms with Gasteiger partial charge in [0.25, 0.3) is 0 Å². The van der Waals surface area contributed by atoms with E-state index in [0.29, 0.717) is 18.0 Å². The molecule has 0 atom stereocenters. The van der Waals surface area contributed by atoms with Crippen molar-refractivity contribution in [1.29, 1.82) is 5.26 Å². The lowest BCUT2D eigenvalue weighted by Gasteiger charge is -2.34. The highest BCUT2D eigenvalue weighted by Gasteiger charge is 2.21. The average molecular weight is 286 g/mol. The Morgan fingerprint density at radius 2 is 2.19 bits per heavy atom. The number of nitrogens with two attached hydrogens (primary N) is 1. The molecule has 5 heteroatoms. The maximum absolute atomic E-state index is 10.9. The number of hydrogen-bond donors (Lipinski definition) is 2. The van der Waals surface area contributed by atoms with Crippen molar-refractivity contribution in [3.05, 3.63) is 29.3 Å². The summed E-state index contributed by atoms with van der Waals surface area (Å²) in [5.41, 5.74) is 8.29. The van der Waals surface area contributed by atoms with Gasteiger partial charge in [-0.2, -0.15) is 5.26 Å². The number of rotatable bonds is 4. The second-order valence-electron chi connectivity index (χ2n) is 5.53. The van der Waals surface area contributed by atoms with Crippen LogP contribution in [0.15, 0.2) is 18.2 Å². The summed E-state index contributed by atoms with van der Waals surface area (Å²) in [6, 6.07) is 8.12. The first-order valence-corrected chi connectivity index (χ1v) is 7.36. The highest BCUT2D eigenvalue weighted by atomic mass is 16.1. The Morgan fingerprint density at radius 1 is 1.48 bits per heavy atom. The Hall–Kier alpha value is -2.06. The fourth-order valence-corrected chi connectivity index (χ4v) is 2.74. The molecule has 0 aliphatic carbocycles. The van der Waals surface area contributed by atoms with E-state index < -0.39 is 0 Å². The smallest absolute Gasteiger partial charge is 0.216 e. The predicted molar refractivity (Wildman–Crippen MR) is 82.7 cm³/mol. The maximum Gasteiger partial charge on any atom is 0.216 e. The Morgan fingerprint density at radius 3 is 2.76 bits per heavy atom. The molecule has 0 saturated carbocycles. The molecule has 112 valence electrons. The van der Waals surface area contributed by atoms with E-state index in [1.807, 2.05) is 18.2 Å². The molecule has 0 radical (unpaired) electrons. The zero-order chi connectivity index (χ0) is 15.2. The van der Waals surface area contributed by atoms with Crippen LogP contribution in [-0.4, -0.2) is 25.5 Å². The van der Waals surface area contributed by atoms with Gasteiger partial charge in [0.2, 0.25) is 5.91 Å². The van der Waals surface area contributed by atoms with Crippen LogP contribution in [0.3, 0.4) is 0 Å². The minimum Gasteiger partial charge on any atom is -0.370 e. The summed E-state index contributed by atoms with van der Waals surface area (Å²) in [6.45, 7) is 4.59. The molecule has 1 aliphatic heterocycles. The number of hydrogen-bond acceptors (Lipinski definition) is 4. The van der Waals surface area contributed by atoms with Gasteiger partial charge in [-0.25, -0.2) is 0 Å². The summed E-state index contributed by atoms with van der Waals surface area (Å²) in [7, 11) is 0. The van der Waals surface area contributed by atoms with E-state index in [9.17, 15) is 10.1 Å². The quantitative estimate of drug-likeness (QED) is 0.876. The first kappa shape index (κ1) is 15.3. The normalized spacial score (nSPS) is 15.6. The van der Waals surface area contributed by atoms with Crippen molar-refractivity contribution in [2.45, 2.75) is 26.3 Å². The molecule has 0 aromatic heterocycles. The summed E-state index contributed by atoms with van der Waals surface area (Å²) >= 11 is 0. The molecular weight excluding hydrogens is 264 g/mol. The van der Waals surface area contributed by atoms with Gasteiger partial charge in [-0.15, -0.1) is 0 Å². The van der Waals surface area contributed by atoms with Gasteiger partial charge >= 0.3 is 0 Å². The topological polar surface area (TPSA) is 82.2 Å². The molecule has 2 rings (SSSR count). The lowest BCUT2D eigenvalue weighted by Crippen LogP contribution is -2.38. The number of nitrogens with one attached hydrogen (secondary N) is 1. The van der Waals surface area contributed by atoms with Gasteiger partial charge in [0.05, 0.1) is 11.3 Å². The van der Waals surface area contributed by atoms with E-state index in [-0.39, 0.29) is 5.91 Å². The van der Waals surface area contributed by atoms with Crippen LogP contribution in [0, 0.1) is 17.2 Å². The average Bonchev–Trinajstić information content (AvgIpc) is 2.52. The number of amides is 1. The molecule has 1 amide bonds. The highest BCUT2D eigenvalue weighted by Crippen LogP contribution is 2.26. The fraction of sp³-hybridized carbons (Fsp3) is 0.500. The van der Waals surface area contributed by atoms with Gasteiger partial charge in [-0.05, 0) is 36.5 Å². The van der Waals surface area contributed by atoms with E-state index in [1.165, 1.54) is 0 Å². The zero-order valence-electron chi connectivity index (χ0n) is 12.4. The summed E-state index contributed by atoms with van der Waals surface area (Å²) in [5.74, 6) is 0.556. The van der Waals surface area contributed by atoms with E-state index >= 15 is 0 Å². The largest absolute Gasteiger partial charge is 0.370 e. The van der Waals surface area contributed by atoms with Crippen molar-refractivity contribution in [2.24, 2.45) is 11.7 Å². The van der Waals surface area contributed by atoms with Crippen LogP contribution in [-0.2, 0) is 11.3 Å². The highest BCUT2D eigenvalue weighted by molar-refractivity contribution is 5.72. The number of carbonyl (C=O) groups is 1. The molecule has 1 aliphatic rings. The van der Waals surface area contributed by atoms with Gasteiger partial charge in [-0.1, -0.05) is 6.07 Å².